The maximum atomic E-state index is 11.5. The fraction of sp³-hybridized carbons (Fsp3) is 0.130. The number of fused-ring (bicyclic) bond motifs is 1. The summed E-state index contributed by atoms with van der Waals surface area (Å²) in [7, 11) is 3.21. The zero-order chi connectivity index (χ0) is 20.9. The number of ether oxygens (including phenoxy) is 2. The summed E-state index contributed by atoms with van der Waals surface area (Å²) in [4.78, 5) is 25.1. The molecule has 4 rings (SSSR count). The lowest BCUT2D eigenvalue weighted by Gasteiger charge is -2.13. The third kappa shape index (κ3) is 3.97. The third-order valence-electron chi connectivity index (χ3n) is 4.66. The smallest absolute Gasteiger partial charge is 0.163 e. The molecular formula is C23H20N4O3. The minimum Gasteiger partial charge on any atom is -0.497 e. The summed E-state index contributed by atoms with van der Waals surface area (Å²) in [5.41, 5.74) is 3.69. The van der Waals surface area contributed by atoms with Gasteiger partial charge in [0.05, 0.1) is 19.2 Å². The number of hydrogen-bond donors (Lipinski definition) is 1. The van der Waals surface area contributed by atoms with Crippen LogP contribution >= 0.6 is 0 Å². The monoisotopic (exact) mass is 400 g/mol. The molecule has 2 aromatic carbocycles. The van der Waals surface area contributed by atoms with E-state index < -0.39 is 0 Å². The molecule has 30 heavy (non-hydrogen) atoms. The van der Waals surface area contributed by atoms with Crippen molar-refractivity contribution in [3.05, 3.63) is 72.1 Å². The Labute approximate surface area is 173 Å². The molecule has 0 aliphatic rings. The first-order valence-electron chi connectivity index (χ1n) is 9.32. The molecule has 2 aromatic heterocycles. The molecule has 1 N–H and O–H groups in total. The number of aromatic nitrogens is 3. The van der Waals surface area contributed by atoms with Crippen LogP contribution in [0.1, 0.15) is 15.9 Å². The molecule has 0 aliphatic heterocycles. The largest absolute Gasteiger partial charge is 0.497 e. The Morgan fingerprint density at radius 3 is 2.70 bits per heavy atom. The Morgan fingerprint density at radius 2 is 1.97 bits per heavy atom. The van der Waals surface area contributed by atoms with Gasteiger partial charge in [0.1, 0.15) is 17.9 Å². The van der Waals surface area contributed by atoms with Crippen LogP contribution in [0.4, 0.5) is 11.5 Å². The fourth-order valence-corrected chi connectivity index (χ4v) is 3.16. The fourth-order valence-electron chi connectivity index (χ4n) is 3.16. The summed E-state index contributed by atoms with van der Waals surface area (Å²) < 4.78 is 10.5. The van der Waals surface area contributed by atoms with E-state index in [9.17, 15) is 4.79 Å². The van der Waals surface area contributed by atoms with E-state index in [4.69, 9.17) is 14.5 Å². The van der Waals surface area contributed by atoms with Gasteiger partial charge in [-0.05, 0) is 48.0 Å². The normalized spacial score (nSPS) is 10.7. The number of carbonyl (C=O) groups excluding carboxylic acids is 1. The van der Waals surface area contributed by atoms with Crippen molar-refractivity contribution in [3.63, 3.8) is 0 Å². The summed E-state index contributed by atoms with van der Waals surface area (Å²) in [6.45, 7) is 0.368. The van der Waals surface area contributed by atoms with Crippen molar-refractivity contribution in [2.45, 2.75) is 6.61 Å². The van der Waals surface area contributed by atoms with E-state index in [2.05, 4.69) is 15.3 Å². The molecule has 0 saturated heterocycles. The lowest BCUT2D eigenvalue weighted by atomic mass is 10.1. The second-order valence-corrected chi connectivity index (χ2v) is 6.61. The Bertz CT molecular complexity index is 1200. The first-order valence-corrected chi connectivity index (χ1v) is 9.32. The highest BCUT2D eigenvalue weighted by Crippen LogP contribution is 2.30. The van der Waals surface area contributed by atoms with Crippen LogP contribution < -0.4 is 10.1 Å². The second kappa shape index (κ2) is 8.67. The van der Waals surface area contributed by atoms with Crippen molar-refractivity contribution in [2.75, 3.05) is 19.5 Å². The summed E-state index contributed by atoms with van der Waals surface area (Å²) in [5, 5.41) is 4.13. The van der Waals surface area contributed by atoms with Crippen molar-refractivity contribution in [3.8, 4) is 17.1 Å². The van der Waals surface area contributed by atoms with Crippen molar-refractivity contribution in [2.24, 2.45) is 0 Å². The van der Waals surface area contributed by atoms with Crippen molar-refractivity contribution in [1.82, 2.24) is 15.0 Å². The Kier molecular flexibility index (Phi) is 5.63. The van der Waals surface area contributed by atoms with E-state index in [0.717, 1.165) is 34.0 Å². The molecule has 0 aliphatic carbocycles. The van der Waals surface area contributed by atoms with Gasteiger partial charge in [-0.25, -0.2) is 9.97 Å². The molecule has 0 spiro atoms. The predicted molar refractivity (Wildman–Crippen MR) is 115 cm³/mol. The summed E-state index contributed by atoms with van der Waals surface area (Å²) in [6.07, 6.45) is 4.25. The van der Waals surface area contributed by atoms with Crippen LogP contribution in [0.15, 0.2) is 60.9 Å². The average molecular weight is 400 g/mol. The minimum absolute atomic E-state index is 0.368. The highest BCUT2D eigenvalue weighted by molar-refractivity contribution is 5.93. The molecule has 150 valence electrons. The molecule has 7 heteroatoms. The first-order chi connectivity index (χ1) is 14.7. The minimum atomic E-state index is 0.368. The van der Waals surface area contributed by atoms with Gasteiger partial charge in [0, 0.05) is 41.7 Å². The summed E-state index contributed by atoms with van der Waals surface area (Å²) >= 11 is 0. The van der Waals surface area contributed by atoms with Crippen molar-refractivity contribution >= 4 is 28.7 Å². The van der Waals surface area contributed by atoms with Crippen molar-refractivity contribution in [1.29, 1.82) is 0 Å². The molecule has 0 saturated carbocycles. The van der Waals surface area contributed by atoms with E-state index in [1.165, 1.54) is 0 Å². The van der Waals surface area contributed by atoms with Crippen molar-refractivity contribution < 1.29 is 14.3 Å². The maximum absolute atomic E-state index is 11.5. The molecule has 0 unspecified atom stereocenters. The first kappa shape index (κ1) is 19.5. The van der Waals surface area contributed by atoms with E-state index in [-0.39, 0.29) is 0 Å². The molecule has 0 bridgehead atoms. The van der Waals surface area contributed by atoms with Gasteiger partial charge in [-0.2, -0.15) is 0 Å². The zero-order valence-electron chi connectivity index (χ0n) is 16.6. The van der Waals surface area contributed by atoms with E-state index in [0.29, 0.717) is 29.6 Å². The van der Waals surface area contributed by atoms with Gasteiger partial charge in [0.2, 0.25) is 0 Å². The molecular weight excluding hydrogens is 380 g/mol. The van der Waals surface area contributed by atoms with Crippen LogP contribution in [0.25, 0.3) is 22.3 Å². The molecule has 0 radical (unpaired) electrons. The molecule has 0 fully saturated rings. The number of methoxy groups -OCH3 is 2. The van der Waals surface area contributed by atoms with Gasteiger partial charge in [0.25, 0.3) is 0 Å². The summed E-state index contributed by atoms with van der Waals surface area (Å²) in [6, 6.07) is 14.9. The Hall–Kier alpha value is -3.84. The SMILES string of the molecule is COCc1ccc(Nc2nc(-c3cccnc3)nc3ccc(OC)cc23)cc1C=O. The number of carbonyl (C=O) groups is 1. The van der Waals surface area contributed by atoms with Gasteiger partial charge in [-0.1, -0.05) is 6.07 Å². The summed E-state index contributed by atoms with van der Waals surface area (Å²) in [5.74, 6) is 1.86. The number of aldehydes is 1. The highest BCUT2D eigenvalue weighted by Gasteiger charge is 2.12. The van der Waals surface area contributed by atoms with Crippen LogP contribution in [0.5, 0.6) is 5.75 Å². The topological polar surface area (TPSA) is 86.2 Å². The van der Waals surface area contributed by atoms with Gasteiger partial charge >= 0.3 is 0 Å². The number of nitrogens with zero attached hydrogens (tertiary/aromatic N) is 3. The Morgan fingerprint density at radius 1 is 1.07 bits per heavy atom. The number of anilines is 2. The van der Waals surface area contributed by atoms with Crippen LogP contribution in [0.3, 0.4) is 0 Å². The second-order valence-electron chi connectivity index (χ2n) is 6.61. The predicted octanol–water partition coefficient (Wildman–Crippen LogP) is 4.40. The molecule has 7 nitrogen and oxygen atoms in total. The van der Waals surface area contributed by atoms with Gasteiger partial charge in [-0.15, -0.1) is 0 Å². The zero-order valence-corrected chi connectivity index (χ0v) is 16.6. The number of rotatable bonds is 7. The van der Waals surface area contributed by atoms with Crippen LogP contribution in [-0.4, -0.2) is 35.5 Å². The number of pyridine rings is 1. The van der Waals surface area contributed by atoms with Gasteiger partial charge in [0.15, 0.2) is 5.82 Å². The molecule has 2 heterocycles. The lowest BCUT2D eigenvalue weighted by molar-refractivity contribution is 0.111. The van der Waals surface area contributed by atoms with E-state index >= 15 is 0 Å². The highest BCUT2D eigenvalue weighted by atomic mass is 16.5. The number of benzene rings is 2. The lowest BCUT2D eigenvalue weighted by Crippen LogP contribution is -2.02. The van der Waals surface area contributed by atoms with Gasteiger partial charge in [-0.3, -0.25) is 9.78 Å². The molecule has 4 aromatic rings. The quantitative estimate of drug-likeness (QED) is 0.460. The number of nitrogens with one attached hydrogen (secondary N) is 1. The molecule has 0 amide bonds. The van der Waals surface area contributed by atoms with Gasteiger partial charge < -0.3 is 14.8 Å². The van der Waals surface area contributed by atoms with E-state index in [1.807, 2.05) is 42.5 Å². The third-order valence-corrected chi connectivity index (χ3v) is 4.66. The van der Waals surface area contributed by atoms with Crippen LogP contribution in [-0.2, 0) is 11.3 Å². The maximum Gasteiger partial charge on any atom is 0.163 e. The average Bonchev–Trinajstić information content (AvgIpc) is 2.80. The Balaban J connectivity index is 1.82. The van der Waals surface area contributed by atoms with E-state index in [1.54, 1.807) is 32.7 Å². The molecule has 0 atom stereocenters. The van der Waals surface area contributed by atoms with Crippen LogP contribution in [0.2, 0.25) is 0 Å². The number of hydrogen-bond acceptors (Lipinski definition) is 7. The standard InChI is InChI=1S/C23H20N4O3/c1-29-14-16-5-6-18(10-17(16)13-28)25-23-20-11-19(30-2)7-8-21(20)26-22(27-23)15-4-3-9-24-12-15/h3-13H,14H2,1-2H3,(H,25,26,27). The van der Waals surface area contributed by atoms with Crippen LogP contribution in [0, 0.1) is 0 Å².